The van der Waals surface area contributed by atoms with E-state index >= 15 is 0 Å². The van der Waals surface area contributed by atoms with Crippen molar-refractivity contribution in [1.29, 1.82) is 0 Å². The Kier molecular flexibility index (Phi) is 6.45. The lowest BCUT2D eigenvalue weighted by Gasteiger charge is -2.40. The maximum atomic E-state index is 13.0. The Morgan fingerprint density at radius 1 is 1.30 bits per heavy atom. The van der Waals surface area contributed by atoms with E-state index in [9.17, 15) is 9.59 Å². The van der Waals surface area contributed by atoms with Crippen LogP contribution < -0.4 is 15.5 Å². The van der Waals surface area contributed by atoms with E-state index < -0.39 is 0 Å². The number of hydrogen-bond acceptors (Lipinski definition) is 6. The van der Waals surface area contributed by atoms with Crippen LogP contribution in [0.1, 0.15) is 29.8 Å². The van der Waals surface area contributed by atoms with E-state index in [1.165, 1.54) is 0 Å². The number of urea groups is 1. The minimum atomic E-state index is -0.348. The van der Waals surface area contributed by atoms with Gasteiger partial charge in [0.15, 0.2) is 0 Å². The minimum Gasteiger partial charge on any atom is -0.394 e. The zero-order valence-electron chi connectivity index (χ0n) is 19.0. The van der Waals surface area contributed by atoms with E-state index in [1.54, 1.807) is 42.4 Å². The molecule has 3 amide bonds. The number of piperazine rings is 1. The number of nitrogens with zero attached hydrogens (tertiary/aromatic N) is 4. The quantitative estimate of drug-likeness (QED) is 0.471. The van der Waals surface area contributed by atoms with Crippen molar-refractivity contribution in [2.75, 3.05) is 36.5 Å². The summed E-state index contributed by atoms with van der Waals surface area (Å²) in [5.41, 5.74) is 2.85. The molecule has 1 fully saturated rings. The van der Waals surface area contributed by atoms with Crippen LogP contribution in [0.5, 0.6) is 0 Å². The molecule has 10 nitrogen and oxygen atoms in total. The van der Waals surface area contributed by atoms with Gasteiger partial charge in [0.2, 0.25) is 0 Å². The Labute approximate surface area is 192 Å². The summed E-state index contributed by atoms with van der Waals surface area (Å²) in [6.45, 7) is 7.44. The molecule has 0 bridgehead atoms. The van der Waals surface area contributed by atoms with E-state index in [2.05, 4.69) is 30.5 Å². The van der Waals surface area contributed by atoms with Crippen molar-refractivity contribution >= 4 is 34.5 Å². The number of aliphatic hydroxyl groups excluding tert-OH is 1. The van der Waals surface area contributed by atoms with Crippen LogP contribution in [0.4, 0.5) is 16.3 Å². The summed E-state index contributed by atoms with van der Waals surface area (Å²) in [6, 6.07) is 6.16. The number of benzene rings is 1. The van der Waals surface area contributed by atoms with Crippen LogP contribution in [0.3, 0.4) is 0 Å². The molecule has 4 rings (SSSR count). The summed E-state index contributed by atoms with van der Waals surface area (Å²) in [7, 11) is 0. The third-order valence-corrected chi connectivity index (χ3v) is 5.86. The highest BCUT2D eigenvalue weighted by Crippen LogP contribution is 2.27. The molecule has 1 saturated heterocycles. The van der Waals surface area contributed by atoms with Crippen LogP contribution in [0, 0.1) is 6.92 Å². The summed E-state index contributed by atoms with van der Waals surface area (Å²) in [6.07, 6.45) is 3.48. The van der Waals surface area contributed by atoms with Gasteiger partial charge in [0.1, 0.15) is 17.8 Å². The number of fused-ring (bicyclic) bond motifs is 1. The number of aryl methyl sites for hydroxylation is 1. The first kappa shape index (κ1) is 22.5. The molecule has 0 spiro atoms. The number of rotatable bonds is 5. The van der Waals surface area contributed by atoms with E-state index in [4.69, 9.17) is 5.11 Å². The maximum Gasteiger partial charge on any atom is 0.322 e. The Morgan fingerprint density at radius 3 is 2.88 bits per heavy atom. The Morgan fingerprint density at radius 2 is 2.12 bits per heavy atom. The van der Waals surface area contributed by atoms with Gasteiger partial charge in [-0.15, -0.1) is 0 Å². The third kappa shape index (κ3) is 4.75. The Hall–Kier alpha value is -3.66. The molecule has 1 aliphatic heterocycles. The molecule has 174 valence electrons. The Balaban J connectivity index is 1.42. The van der Waals surface area contributed by atoms with Gasteiger partial charge >= 0.3 is 6.03 Å². The topological polar surface area (TPSA) is 126 Å². The lowest BCUT2D eigenvalue weighted by Crippen LogP contribution is -2.55. The molecule has 0 radical (unpaired) electrons. The lowest BCUT2D eigenvalue weighted by molar-refractivity contribution is 0.0922. The fourth-order valence-electron chi connectivity index (χ4n) is 4.08. The number of aromatic nitrogens is 3. The molecule has 2 atom stereocenters. The van der Waals surface area contributed by atoms with Gasteiger partial charge in [-0.05, 0) is 44.5 Å². The van der Waals surface area contributed by atoms with Crippen molar-refractivity contribution in [3.05, 3.63) is 47.9 Å². The van der Waals surface area contributed by atoms with Crippen LogP contribution in [0.25, 0.3) is 11.0 Å². The first-order chi connectivity index (χ1) is 15.9. The molecule has 2 aromatic heterocycles. The predicted octanol–water partition coefficient (Wildman–Crippen LogP) is 2.12. The van der Waals surface area contributed by atoms with Crippen LogP contribution in [0.15, 0.2) is 36.8 Å². The number of anilines is 2. The second-order valence-corrected chi connectivity index (χ2v) is 8.45. The standard InChI is InChI=1S/C23H29N7O3/c1-14-10-24-20-19(14)21(26-13-25-20)29-7-8-30(16(3)11-29)23(33)28-18-6-4-5-17(9-18)22(32)27-15(2)12-31/h4-6,9-10,13,15-16,31H,7-8,11-12H2,1-3H3,(H,27,32)(H,28,33)(H,24,25,26)/t15-,16-/m0/s1. The second kappa shape index (κ2) is 9.45. The van der Waals surface area contributed by atoms with Gasteiger partial charge in [-0.25, -0.2) is 14.8 Å². The van der Waals surface area contributed by atoms with Crippen molar-refractivity contribution in [2.45, 2.75) is 32.9 Å². The van der Waals surface area contributed by atoms with Gasteiger partial charge in [0.05, 0.1) is 12.0 Å². The fourth-order valence-corrected chi connectivity index (χ4v) is 4.08. The van der Waals surface area contributed by atoms with Gasteiger partial charge in [0.25, 0.3) is 5.91 Å². The number of aromatic amines is 1. The van der Waals surface area contributed by atoms with E-state index in [0.29, 0.717) is 30.9 Å². The highest BCUT2D eigenvalue weighted by Gasteiger charge is 2.29. The normalized spacial score (nSPS) is 17.2. The molecular formula is C23H29N7O3. The van der Waals surface area contributed by atoms with Crippen molar-refractivity contribution in [3.63, 3.8) is 0 Å². The summed E-state index contributed by atoms with van der Waals surface area (Å²) in [4.78, 5) is 41.2. The third-order valence-electron chi connectivity index (χ3n) is 5.86. The minimum absolute atomic E-state index is 0.0418. The highest BCUT2D eigenvalue weighted by molar-refractivity contribution is 5.97. The number of aliphatic hydroxyl groups is 1. The van der Waals surface area contributed by atoms with Gasteiger partial charge in [-0.3, -0.25) is 4.79 Å². The number of hydrogen-bond donors (Lipinski definition) is 4. The molecular weight excluding hydrogens is 422 g/mol. The SMILES string of the molecule is Cc1c[nH]c2ncnc(N3CCN(C(=O)Nc4cccc(C(=O)N[C@@H](C)CO)c4)[C@@H](C)C3)c12. The van der Waals surface area contributed by atoms with Crippen LogP contribution in [-0.2, 0) is 0 Å². The van der Waals surface area contributed by atoms with E-state index in [-0.39, 0.29) is 30.6 Å². The molecule has 4 N–H and O–H groups in total. The lowest BCUT2D eigenvalue weighted by atomic mass is 10.1. The largest absolute Gasteiger partial charge is 0.394 e. The number of nitrogens with one attached hydrogen (secondary N) is 3. The zero-order chi connectivity index (χ0) is 23.5. The summed E-state index contributed by atoms with van der Waals surface area (Å²) in [5, 5.41) is 15.7. The Bertz CT molecular complexity index is 1160. The first-order valence-electron chi connectivity index (χ1n) is 11.0. The van der Waals surface area contributed by atoms with E-state index in [1.807, 2.05) is 20.0 Å². The number of amides is 3. The van der Waals surface area contributed by atoms with Crippen LogP contribution in [0.2, 0.25) is 0 Å². The molecule has 3 aromatic rings. The average Bonchev–Trinajstić information content (AvgIpc) is 3.20. The number of carbonyl (C=O) groups is 2. The van der Waals surface area contributed by atoms with E-state index in [0.717, 1.165) is 22.4 Å². The molecule has 0 aliphatic carbocycles. The van der Waals surface area contributed by atoms with Crippen molar-refractivity contribution in [3.8, 4) is 0 Å². The van der Waals surface area contributed by atoms with Gasteiger partial charge in [0, 0.05) is 49.2 Å². The van der Waals surface area contributed by atoms with Crippen molar-refractivity contribution in [1.82, 2.24) is 25.2 Å². The molecule has 1 aromatic carbocycles. The number of carbonyl (C=O) groups excluding carboxylic acids is 2. The molecule has 0 unspecified atom stereocenters. The molecule has 33 heavy (non-hydrogen) atoms. The van der Waals surface area contributed by atoms with Crippen molar-refractivity contribution < 1.29 is 14.7 Å². The molecule has 3 heterocycles. The summed E-state index contributed by atoms with van der Waals surface area (Å²) in [5.74, 6) is 0.576. The zero-order valence-corrected chi connectivity index (χ0v) is 19.0. The second-order valence-electron chi connectivity index (χ2n) is 8.45. The van der Waals surface area contributed by atoms with Gasteiger partial charge < -0.3 is 30.5 Å². The highest BCUT2D eigenvalue weighted by atomic mass is 16.3. The smallest absolute Gasteiger partial charge is 0.322 e. The summed E-state index contributed by atoms with van der Waals surface area (Å²) >= 11 is 0. The molecule has 0 saturated carbocycles. The van der Waals surface area contributed by atoms with Crippen LogP contribution in [-0.4, -0.2) is 75.2 Å². The maximum absolute atomic E-state index is 13.0. The first-order valence-corrected chi connectivity index (χ1v) is 11.0. The summed E-state index contributed by atoms with van der Waals surface area (Å²) < 4.78 is 0. The monoisotopic (exact) mass is 451 g/mol. The average molecular weight is 452 g/mol. The van der Waals surface area contributed by atoms with Gasteiger partial charge in [-0.2, -0.15) is 0 Å². The van der Waals surface area contributed by atoms with Crippen molar-refractivity contribution in [2.24, 2.45) is 0 Å². The molecule has 1 aliphatic rings. The number of H-pyrrole nitrogens is 1. The van der Waals surface area contributed by atoms with Gasteiger partial charge in [-0.1, -0.05) is 6.07 Å². The van der Waals surface area contributed by atoms with Crippen LogP contribution >= 0.6 is 0 Å². The fraction of sp³-hybridized carbons (Fsp3) is 0.391. The molecule has 10 heteroatoms. The predicted molar refractivity (Wildman–Crippen MR) is 126 cm³/mol.